The number of carboxylic acid groups (broad SMARTS) is 1. The molecule has 0 aliphatic carbocycles. The van der Waals surface area contributed by atoms with Crippen LogP contribution in [-0.2, 0) is 9.36 Å². The predicted octanol–water partition coefficient (Wildman–Crippen LogP) is 0.653. The summed E-state index contributed by atoms with van der Waals surface area (Å²) in [5.74, 6) is -1.26. The molecule has 0 spiro atoms. The van der Waals surface area contributed by atoms with Crippen LogP contribution in [0, 0.1) is 0 Å². The van der Waals surface area contributed by atoms with E-state index in [9.17, 15) is 9.36 Å². The summed E-state index contributed by atoms with van der Waals surface area (Å²) in [5.41, 5.74) is -0.906. The second-order valence-electron chi connectivity index (χ2n) is 4.04. The van der Waals surface area contributed by atoms with E-state index < -0.39 is 25.3 Å². The molecule has 0 aliphatic rings. The molecule has 0 aromatic heterocycles. The quantitative estimate of drug-likeness (QED) is 0.610. The first-order valence-corrected chi connectivity index (χ1v) is 5.62. The maximum atomic E-state index is 11.1. The Morgan fingerprint density at radius 3 is 1.79 bits per heavy atom. The van der Waals surface area contributed by atoms with Gasteiger partial charge in [-0.1, -0.05) is 0 Å². The molecule has 0 saturated heterocycles. The molecule has 84 valence electrons. The summed E-state index contributed by atoms with van der Waals surface area (Å²) >= 11 is 0. The summed E-state index contributed by atoms with van der Waals surface area (Å²) in [7, 11) is -4.55. The molecule has 0 saturated carbocycles. The summed E-state index contributed by atoms with van der Waals surface area (Å²) in [5, 5.41) is 8.69. The lowest BCUT2D eigenvalue weighted by Crippen LogP contribution is -2.47. The summed E-state index contributed by atoms with van der Waals surface area (Å²) in [4.78, 5) is 28.7. The highest BCUT2D eigenvalue weighted by atomic mass is 31.2. The van der Waals surface area contributed by atoms with Crippen LogP contribution in [0.2, 0.25) is 0 Å². The molecule has 14 heavy (non-hydrogen) atoms. The summed E-state index contributed by atoms with van der Waals surface area (Å²) < 4.78 is 11.8. The minimum absolute atomic E-state index is 0.683. The number of aliphatic carboxylic acids is 1. The highest BCUT2D eigenvalue weighted by molar-refractivity contribution is 7.49. The lowest BCUT2D eigenvalue weighted by atomic mass is 10.1. The van der Waals surface area contributed by atoms with Gasteiger partial charge in [-0.05, 0) is 27.7 Å². The zero-order chi connectivity index (χ0) is 11.7. The van der Waals surface area contributed by atoms with Gasteiger partial charge in [0.15, 0.2) is 0 Å². The first kappa shape index (κ1) is 13.6. The molecule has 0 radical (unpaired) electrons. The van der Waals surface area contributed by atoms with Gasteiger partial charge >= 0.3 is 13.7 Å². The Kier molecular flexibility index (Phi) is 3.86. The summed E-state index contributed by atoms with van der Waals surface area (Å²) in [6.45, 7) is 5.88. The van der Waals surface area contributed by atoms with Crippen LogP contribution in [0.25, 0.3) is 0 Å². The minimum atomic E-state index is -4.55. The van der Waals surface area contributed by atoms with Crippen molar-refractivity contribution >= 4 is 13.7 Å². The van der Waals surface area contributed by atoms with Gasteiger partial charge in [0.05, 0.1) is 0 Å². The van der Waals surface area contributed by atoms with Gasteiger partial charge in [-0.15, -0.1) is 0 Å². The van der Waals surface area contributed by atoms with Crippen molar-refractivity contribution in [1.29, 1.82) is 0 Å². The van der Waals surface area contributed by atoms with Crippen LogP contribution < -0.4 is 0 Å². The zero-order valence-corrected chi connectivity index (χ0v) is 9.52. The number of hydrogen-bond acceptors (Lipinski definition) is 2. The SMILES string of the molecule is CC(C(=O)O)N(C(C)(C)C)P(=O)(O)O. The molecule has 0 aromatic rings. The summed E-state index contributed by atoms with van der Waals surface area (Å²) in [6, 6.07) is -1.23. The zero-order valence-electron chi connectivity index (χ0n) is 8.63. The molecule has 3 N–H and O–H groups in total. The third-order valence-electron chi connectivity index (χ3n) is 1.69. The van der Waals surface area contributed by atoms with E-state index in [1.165, 1.54) is 6.92 Å². The van der Waals surface area contributed by atoms with Crippen molar-refractivity contribution in [2.24, 2.45) is 0 Å². The predicted molar refractivity (Wildman–Crippen MR) is 50.7 cm³/mol. The Morgan fingerprint density at radius 1 is 1.36 bits per heavy atom. The van der Waals surface area contributed by atoms with E-state index in [-0.39, 0.29) is 0 Å². The highest BCUT2D eigenvalue weighted by Crippen LogP contribution is 2.46. The van der Waals surface area contributed by atoms with Gasteiger partial charge in [-0.3, -0.25) is 4.79 Å². The van der Waals surface area contributed by atoms with Gasteiger partial charge in [-0.2, -0.15) is 4.67 Å². The second-order valence-corrected chi connectivity index (χ2v) is 5.50. The standard InChI is InChI=1S/C7H16NO5P/c1-5(6(9)10)8(7(2,3)4)14(11,12)13/h5H,1-4H3,(H,9,10)(H2,11,12,13). The Balaban J connectivity index is 5.14. The van der Waals surface area contributed by atoms with Crippen molar-refractivity contribution in [3.8, 4) is 0 Å². The molecule has 0 bridgehead atoms. The minimum Gasteiger partial charge on any atom is -0.480 e. The topological polar surface area (TPSA) is 98.1 Å². The van der Waals surface area contributed by atoms with E-state index in [0.717, 1.165) is 0 Å². The molecule has 6 nitrogen and oxygen atoms in total. The molecule has 0 amide bonds. The van der Waals surface area contributed by atoms with Crippen molar-refractivity contribution in [3.63, 3.8) is 0 Å². The van der Waals surface area contributed by atoms with Gasteiger partial charge in [0.1, 0.15) is 6.04 Å². The van der Waals surface area contributed by atoms with Crippen LogP contribution in [0.5, 0.6) is 0 Å². The molecule has 0 fully saturated rings. The van der Waals surface area contributed by atoms with Crippen molar-refractivity contribution in [2.75, 3.05) is 0 Å². The van der Waals surface area contributed by atoms with Crippen LogP contribution in [0.1, 0.15) is 27.7 Å². The van der Waals surface area contributed by atoms with Gasteiger partial charge in [-0.25, -0.2) is 4.57 Å². The number of carbonyl (C=O) groups is 1. The van der Waals surface area contributed by atoms with Gasteiger partial charge in [0.25, 0.3) is 0 Å². The Bertz CT molecular complexity index is 266. The average molecular weight is 225 g/mol. The smallest absolute Gasteiger partial charge is 0.404 e. The Labute approximate surface area is 82.8 Å². The maximum absolute atomic E-state index is 11.1. The Hall–Kier alpha value is -0.420. The molecule has 0 aromatic carbocycles. The van der Waals surface area contributed by atoms with Crippen LogP contribution in [0.4, 0.5) is 0 Å². The van der Waals surface area contributed by atoms with E-state index in [1.807, 2.05) is 0 Å². The molecule has 7 heteroatoms. The fraction of sp³-hybridized carbons (Fsp3) is 0.857. The monoisotopic (exact) mass is 225 g/mol. The molecule has 0 heterocycles. The van der Waals surface area contributed by atoms with E-state index in [4.69, 9.17) is 14.9 Å². The van der Waals surface area contributed by atoms with Crippen molar-refractivity contribution in [2.45, 2.75) is 39.3 Å². The van der Waals surface area contributed by atoms with E-state index >= 15 is 0 Å². The number of hydrogen-bond donors (Lipinski definition) is 3. The molecular weight excluding hydrogens is 209 g/mol. The second kappa shape index (κ2) is 3.98. The summed E-state index contributed by atoms with van der Waals surface area (Å²) in [6.07, 6.45) is 0. The number of carboxylic acids is 1. The fourth-order valence-corrected chi connectivity index (χ4v) is 2.63. The highest BCUT2D eigenvalue weighted by Gasteiger charge is 2.41. The van der Waals surface area contributed by atoms with Crippen LogP contribution in [-0.4, -0.2) is 37.1 Å². The average Bonchev–Trinajstić information content (AvgIpc) is 1.79. The van der Waals surface area contributed by atoms with E-state index in [0.29, 0.717) is 4.67 Å². The third kappa shape index (κ3) is 3.38. The first-order chi connectivity index (χ1) is 5.98. The molecule has 1 unspecified atom stereocenters. The lowest BCUT2D eigenvalue weighted by molar-refractivity contribution is -0.142. The lowest BCUT2D eigenvalue weighted by Gasteiger charge is -2.37. The number of rotatable bonds is 3. The van der Waals surface area contributed by atoms with E-state index in [2.05, 4.69) is 0 Å². The molecule has 1 atom stereocenters. The van der Waals surface area contributed by atoms with Gasteiger partial charge in [0.2, 0.25) is 0 Å². The first-order valence-electron chi connectivity index (χ1n) is 4.06. The van der Waals surface area contributed by atoms with Crippen LogP contribution in [0.15, 0.2) is 0 Å². The van der Waals surface area contributed by atoms with Crippen LogP contribution in [0.3, 0.4) is 0 Å². The maximum Gasteiger partial charge on any atom is 0.404 e. The van der Waals surface area contributed by atoms with Crippen molar-refractivity contribution in [1.82, 2.24) is 4.67 Å². The normalized spacial score (nSPS) is 15.6. The fourth-order valence-electron chi connectivity index (χ4n) is 1.30. The van der Waals surface area contributed by atoms with Crippen molar-refractivity contribution < 1.29 is 24.3 Å². The Morgan fingerprint density at radius 2 is 1.71 bits per heavy atom. The third-order valence-corrected chi connectivity index (χ3v) is 3.20. The molecule has 0 aliphatic heterocycles. The van der Waals surface area contributed by atoms with Gasteiger partial charge < -0.3 is 14.9 Å². The largest absolute Gasteiger partial charge is 0.480 e. The number of nitrogens with zero attached hydrogens (tertiary/aromatic N) is 1. The van der Waals surface area contributed by atoms with Gasteiger partial charge in [0, 0.05) is 5.54 Å². The van der Waals surface area contributed by atoms with Crippen molar-refractivity contribution in [3.05, 3.63) is 0 Å². The molecule has 0 rings (SSSR count). The van der Waals surface area contributed by atoms with Crippen LogP contribution >= 0.6 is 7.75 Å². The molecular formula is C7H16NO5P. The van der Waals surface area contributed by atoms with E-state index in [1.54, 1.807) is 20.8 Å².